The Morgan fingerprint density at radius 2 is 2.00 bits per heavy atom. The van der Waals surface area contributed by atoms with E-state index in [0.29, 0.717) is 12.2 Å². The molecule has 0 atom stereocenters. The molecule has 0 saturated heterocycles. The zero-order chi connectivity index (χ0) is 16.2. The molecule has 0 N–H and O–H groups in total. The van der Waals surface area contributed by atoms with E-state index in [2.05, 4.69) is 0 Å². The van der Waals surface area contributed by atoms with Gasteiger partial charge in [-0.1, -0.05) is 30.3 Å². The second-order valence-electron chi connectivity index (χ2n) is 5.37. The SMILES string of the molecule is O=C(OCc1ccccc1)N1CCCc2cc([N+](=O)[O-])ccc21. The van der Waals surface area contributed by atoms with Gasteiger partial charge < -0.3 is 4.74 Å². The number of nitrogens with zero attached hydrogens (tertiary/aromatic N) is 2. The molecule has 23 heavy (non-hydrogen) atoms. The van der Waals surface area contributed by atoms with Crippen LogP contribution in [0.4, 0.5) is 16.2 Å². The molecular formula is C17H16N2O4. The van der Waals surface area contributed by atoms with Gasteiger partial charge in [-0.15, -0.1) is 0 Å². The monoisotopic (exact) mass is 312 g/mol. The summed E-state index contributed by atoms with van der Waals surface area (Å²) in [6.07, 6.45) is 1.05. The van der Waals surface area contributed by atoms with Gasteiger partial charge in [0.1, 0.15) is 6.61 Å². The standard InChI is InChI=1S/C17H16N2O4/c20-17(23-12-13-5-2-1-3-6-13)18-10-4-7-14-11-15(19(21)22)8-9-16(14)18/h1-3,5-6,8-9,11H,4,7,10,12H2. The molecule has 1 amide bonds. The Bertz CT molecular complexity index is 731. The number of carbonyl (C=O) groups excluding carboxylic acids is 1. The molecule has 6 nitrogen and oxygen atoms in total. The second-order valence-corrected chi connectivity index (χ2v) is 5.37. The van der Waals surface area contributed by atoms with Crippen molar-refractivity contribution in [3.8, 4) is 0 Å². The summed E-state index contributed by atoms with van der Waals surface area (Å²) in [6, 6.07) is 14.0. The van der Waals surface area contributed by atoms with Crippen molar-refractivity contribution in [1.29, 1.82) is 0 Å². The van der Waals surface area contributed by atoms with Crippen LogP contribution >= 0.6 is 0 Å². The molecule has 6 heteroatoms. The van der Waals surface area contributed by atoms with Gasteiger partial charge in [-0.2, -0.15) is 0 Å². The van der Waals surface area contributed by atoms with Crippen LogP contribution in [0.15, 0.2) is 48.5 Å². The molecule has 1 aliphatic heterocycles. The van der Waals surface area contributed by atoms with Crippen LogP contribution < -0.4 is 4.90 Å². The van der Waals surface area contributed by atoms with Gasteiger partial charge in [0.05, 0.1) is 10.6 Å². The third-order valence-corrected chi connectivity index (χ3v) is 3.82. The van der Waals surface area contributed by atoms with Crippen molar-refractivity contribution >= 4 is 17.5 Å². The molecule has 0 spiro atoms. The topological polar surface area (TPSA) is 72.7 Å². The molecule has 0 bridgehead atoms. The number of nitro groups is 1. The normalized spacial score (nSPS) is 13.3. The number of hydrogen-bond acceptors (Lipinski definition) is 4. The Morgan fingerprint density at radius 3 is 2.74 bits per heavy atom. The lowest BCUT2D eigenvalue weighted by Gasteiger charge is -2.28. The number of hydrogen-bond donors (Lipinski definition) is 0. The number of carbonyl (C=O) groups is 1. The maximum absolute atomic E-state index is 12.3. The third kappa shape index (κ3) is 3.31. The lowest BCUT2D eigenvalue weighted by atomic mass is 10.0. The van der Waals surface area contributed by atoms with Crippen LogP contribution in [0, 0.1) is 10.1 Å². The van der Waals surface area contributed by atoms with Crippen molar-refractivity contribution in [2.75, 3.05) is 11.4 Å². The summed E-state index contributed by atoms with van der Waals surface area (Å²) < 4.78 is 5.36. The molecule has 0 fully saturated rings. The van der Waals surface area contributed by atoms with Gasteiger partial charge in [0.2, 0.25) is 0 Å². The van der Waals surface area contributed by atoms with Crippen LogP contribution in [0.1, 0.15) is 17.5 Å². The maximum Gasteiger partial charge on any atom is 0.414 e. The number of nitro benzene ring substituents is 1. The lowest BCUT2D eigenvalue weighted by molar-refractivity contribution is -0.384. The van der Waals surface area contributed by atoms with Crippen LogP contribution in [-0.2, 0) is 17.8 Å². The van der Waals surface area contributed by atoms with E-state index in [1.54, 1.807) is 11.0 Å². The van der Waals surface area contributed by atoms with Gasteiger partial charge in [-0.05, 0) is 30.0 Å². The zero-order valence-corrected chi connectivity index (χ0v) is 12.5. The molecule has 0 aromatic heterocycles. The molecule has 2 aromatic rings. The van der Waals surface area contributed by atoms with Crippen LogP contribution in [0.3, 0.4) is 0 Å². The molecule has 1 aliphatic rings. The lowest BCUT2D eigenvalue weighted by Crippen LogP contribution is -2.35. The summed E-state index contributed by atoms with van der Waals surface area (Å²) >= 11 is 0. The van der Waals surface area contributed by atoms with Gasteiger partial charge in [0.15, 0.2) is 0 Å². The predicted molar refractivity (Wildman–Crippen MR) is 85.4 cm³/mol. The van der Waals surface area contributed by atoms with Crippen molar-refractivity contribution in [2.45, 2.75) is 19.4 Å². The fourth-order valence-electron chi connectivity index (χ4n) is 2.68. The summed E-state index contributed by atoms with van der Waals surface area (Å²) in [6.45, 7) is 0.761. The summed E-state index contributed by atoms with van der Waals surface area (Å²) in [5.74, 6) is 0. The Morgan fingerprint density at radius 1 is 1.22 bits per heavy atom. The molecule has 1 heterocycles. The van der Waals surface area contributed by atoms with Gasteiger partial charge >= 0.3 is 6.09 Å². The van der Waals surface area contributed by atoms with E-state index in [-0.39, 0.29) is 12.3 Å². The first-order valence-electron chi connectivity index (χ1n) is 7.40. The minimum Gasteiger partial charge on any atom is -0.444 e. The first kappa shape index (κ1) is 15.0. The molecule has 0 unspecified atom stereocenters. The Kier molecular flexibility index (Phi) is 4.23. The molecular weight excluding hydrogens is 296 g/mol. The molecule has 0 radical (unpaired) electrons. The molecule has 3 rings (SSSR count). The number of rotatable bonds is 3. The van der Waals surface area contributed by atoms with Crippen LogP contribution in [-0.4, -0.2) is 17.6 Å². The van der Waals surface area contributed by atoms with Crippen molar-refractivity contribution in [3.63, 3.8) is 0 Å². The largest absolute Gasteiger partial charge is 0.444 e. The highest BCUT2D eigenvalue weighted by Crippen LogP contribution is 2.30. The number of ether oxygens (including phenoxy) is 1. The summed E-state index contributed by atoms with van der Waals surface area (Å²) in [7, 11) is 0. The predicted octanol–water partition coefficient (Wildman–Crippen LogP) is 3.68. The fourth-order valence-corrected chi connectivity index (χ4v) is 2.68. The minimum absolute atomic E-state index is 0.0447. The van der Waals surface area contributed by atoms with Crippen LogP contribution in [0.2, 0.25) is 0 Å². The van der Waals surface area contributed by atoms with E-state index < -0.39 is 11.0 Å². The van der Waals surface area contributed by atoms with Crippen LogP contribution in [0.5, 0.6) is 0 Å². The first-order chi connectivity index (χ1) is 11.1. The highest BCUT2D eigenvalue weighted by Gasteiger charge is 2.25. The molecule has 0 aliphatic carbocycles. The smallest absolute Gasteiger partial charge is 0.414 e. The van der Waals surface area contributed by atoms with Crippen molar-refractivity contribution in [3.05, 3.63) is 69.8 Å². The van der Waals surface area contributed by atoms with Gasteiger partial charge in [-0.3, -0.25) is 15.0 Å². The highest BCUT2D eigenvalue weighted by molar-refractivity contribution is 5.89. The zero-order valence-electron chi connectivity index (χ0n) is 12.5. The van der Waals surface area contributed by atoms with Crippen LogP contribution in [0.25, 0.3) is 0 Å². The Balaban J connectivity index is 1.74. The summed E-state index contributed by atoms with van der Waals surface area (Å²) in [4.78, 5) is 24.3. The van der Waals surface area contributed by atoms with E-state index in [0.717, 1.165) is 24.0 Å². The van der Waals surface area contributed by atoms with E-state index in [9.17, 15) is 14.9 Å². The summed E-state index contributed by atoms with van der Waals surface area (Å²) in [5, 5.41) is 10.9. The average molecular weight is 312 g/mol. The summed E-state index contributed by atoms with van der Waals surface area (Å²) in [5.41, 5.74) is 2.46. The van der Waals surface area contributed by atoms with Gasteiger partial charge in [0.25, 0.3) is 5.69 Å². The second kappa shape index (κ2) is 6.48. The van der Waals surface area contributed by atoms with Crippen molar-refractivity contribution in [1.82, 2.24) is 0 Å². The van der Waals surface area contributed by atoms with E-state index in [1.165, 1.54) is 12.1 Å². The molecule has 0 saturated carbocycles. The number of non-ortho nitro benzene ring substituents is 1. The number of benzene rings is 2. The quantitative estimate of drug-likeness (QED) is 0.640. The van der Waals surface area contributed by atoms with Gasteiger partial charge in [0, 0.05) is 18.7 Å². The minimum atomic E-state index is -0.427. The Labute approximate surface area is 133 Å². The highest BCUT2D eigenvalue weighted by atomic mass is 16.6. The van der Waals surface area contributed by atoms with E-state index >= 15 is 0 Å². The Hall–Kier alpha value is -2.89. The number of fused-ring (bicyclic) bond motifs is 1. The van der Waals surface area contributed by atoms with E-state index in [4.69, 9.17) is 4.74 Å². The maximum atomic E-state index is 12.3. The van der Waals surface area contributed by atoms with Crippen molar-refractivity contribution < 1.29 is 14.5 Å². The van der Waals surface area contributed by atoms with E-state index in [1.807, 2.05) is 30.3 Å². The number of amides is 1. The molecule has 118 valence electrons. The van der Waals surface area contributed by atoms with Gasteiger partial charge in [-0.25, -0.2) is 4.79 Å². The third-order valence-electron chi connectivity index (χ3n) is 3.82. The fraction of sp³-hybridized carbons (Fsp3) is 0.235. The average Bonchev–Trinajstić information content (AvgIpc) is 2.59. The number of anilines is 1. The molecule has 2 aromatic carbocycles. The van der Waals surface area contributed by atoms with Crippen molar-refractivity contribution in [2.24, 2.45) is 0 Å². The first-order valence-corrected chi connectivity index (χ1v) is 7.40. The number of aryl methyl sites for hydroxylation is 1.